The number of carbonyl (C=O) groups is 3. The number of nitrogens with one attached hydrogen (secondary N) is 1. The maximum Gasteiger partial charge on any atom is 0.253 e. The molecule has 0 aliphatic carbocycles. The van der Waals surface area contributed by atoms with E-state index in [0.717, 1.165) is 0 Å². The summed E-state index contributed by atoms with van der Waals surface area (Å²) in [4.78, 5) is 38.3. The van der Waals surface area contributed by atoms with Crippen molar-refractivity contribution >= 4 is 23.4 Å². The van der Waals surface area contributed by atoms with Crippen LogP contribution in [0.4, 0.5) is 10.1 Å². The molecule has 1 aliphatic rings. The van der Waals surface area contributed by atoms with E-state index in [0.29, 0.717) is 30.6 Å². The van der Waals surface area contributed by atoms with Crippen molar-refractivity contribution in [1.82, 2.24) is 4.90 Å². The van der Waals surface area contributed by atoms with Gasteiger partial charge in [0.25, 0.3) is 11.8 Å². The van der Waals surface area contributed by atoms with E-state index in [2.05, 4.69) is 5.32 Å². The van der Waals surface area contributed by atoms with E-state index >= 15 is 0 Å². The summed E-state index contributed by atoms with van der Waals surface area (Å²) in [6.07, 6.45) is 1.32. The molecule has 0 radical (unpaired) electrons. The molecule has 0 aromatic heterocycles. The van der Waals surface area contributed by atoms with Crippen molar-refractivity contribution in [2.45, 2.75) is 12.8 Å². The van der Waals surface area contributed by atoms with E-state index in [9.17, 15) is 18.8 Å². The predicted molar refractivity (Wildman–Crippen MR) is 98.6 cm³/mol. The lowest BCUT2D eigenvalue weighted by molar-refractivity contribution is -0.121. The lowest BCUT2D eigenvalue weighted by Gasteiger charge is -2.32. The minimum absolute atomic E-state index is 0.231. The monoisotopic (exact) mass is 369 g/mol. The first-order valence-corrected chi connectivity index (χ1v) is 8.70. The molecule has 3 rings (SSSR count). The fourth-order valence-electron chi connectivity index (χ4n) is 3.19. The summed E-state index contributed by atoms with van der Waals surface area (Å²) in [7, 11) is 0. The average Bonchev–Trinajstić information content (AvgIpc) is 2.68. The molecule has 0 unspecified atom stereocenters. The Hall–Kier alpha value is -3.22. The van der Waals surface area contributed by atoms with Gasteiger partial charge in [-0.1, -0.05) is 12.1 Å². The first kappa shape index (κ1) is 18.6. The lowest BCUT2D eigenvalue weighted by atomic mass is 9.96. The highest BCUT2D eigenvalue weighted by Crippen LogP contribution is 2.22. The Labute approximate surface area is 156 Å². The van der Waals surface area contributed by atoms with E-state index in [1.54, 1.807) is 29.2 Å². The zero-order chi connectivity index (χ0) is 19.4. The lowest BCUT2D eigenvalue weighted by Crippen LogP contribution is -2.43. The van der Waals surface area contributed by atoms with Crippen LogP contribution in [0.1, 0.15) is 33.6 Å². The molecule has 2 aromatic carbocycles. The maximum absolute atomic E-state index is 13.0. The highest BCUT2D eigenvalue weighted by Gasteiger charge is 2.29. The maximum atomic E-state index is 13.0. The summed E-state index contributed by atoms with van der Waals surface area (Å²) in [6, 6.07) is 11.9. The van der Waals surface area contributed by atoms with Gasteiger partial charge in [0.1, 0.15) is 5.82 Å². The molecular weight excluding hydrogens is 349 g/mol. The number of primary amides is 1. The normalized spacial score (nSPS) is 16.6. The van der Waals surface area contributed by atoms with E-state index in [1.165, 1.54) is 24.3 Å². The number of nitrogens with zero attached hydrogens (tertiary/aromatic N) is 1. The number of carbonyl (C=O) groups excluding carboxylic acids is 3. The van der Waals surface area contributed by atoms with Crippen LogP contribution in [0.2, 0.25) is 0 Å². The average molecular weight is 369 g/mol. The second kappa shape index (κ2) is 7.99. The largest absolute Gasteiger partial charge is 0.366 e. The van der Waals surface area contributed by atoms with Gasteiger partial charge in [0.05, 0.1) is 17.2 Å². The van der Waals surface area contributed by atoms with Crippen LogP contribution in [-0.2, 0) is 4.79 Å². The Balaban J connectivity index is 1.69. The summed E-state index contributed by atoms with van der Waals surface area (Å²) in [5, 5.41) is 2.74. The molecule has 27 heavy (non-hydrogen) atoms. The molecule has 3 amide bonds. The number of rotatable bonds is 4. The van der Waals surface area contributed by atoms with Crippen LogP contribution in [0.25, 0.3) is 0 Å². The second-order valence-corrected chi connectivity index (χ2v) is 6.50. The molecule has 140 valence electrons. The number of para-hydroxylation sites is 1. The SMILES string of the molecule is NC(=O)c1ccccc1NC(=O)[C@H]1CCCN(C(=O)c2ccc(F)cc2)C1. The standard InChI is InChI=1S/C20H20FN3O3/c21-15-9-7-13(8-10-15)20(27)24-11-3-4-14(12-24)19(26)23-17-6-2-1-5-16(17)18(22)25/h1-2,5-10,14H,3-4,11-12H2,(H2,22,25)(H,23,26)/t14-/m0/s1. The van der Waals surface area contributed by atoms with Gasteiger partial charge in [-0.05, 0) is 49.2 Å². The third-order valence-corrected chi connectivity index (χ3v) is 4.62. The fourth-order valence-corrected chi connectivity index (χ4v) is 3.19. The van der Waals surface area contributed by atoms with Gasteiger partial charge in [-0.2, -0.15) is 0 Å². The van der Waals surface area contributed by atoms with E-state index in [4.69, 9.17) is 5.73 Å². The van der Waals surface area contributed by atoms with Crippen molar-refractivity contribution in [3.05, 3.63) is 65.5 Å². The summed E-state index contributed by atoms with van der Waals surface area (Å²) in [5.74, 6) is -1.92. The minimum Gasteiger partial charge on any atom is -0.366 e. The van der Waals surface area contributed by atoms with Crippen molar-refractivity contribution in [3.8, 4) is 0 Å². The molecule has 1 saturated heterocycles. The quantitative estimate of drug-likeness (QED) is 0.867. The van der Waals surface area contributed by atoms with E-state index < -0.39 is 17.6 Å². The molecule has 0 saturated carbocycles. The molecule has 0 bridgehead atoms. The molecule has 2 aromatic rings. The van der Waals surface area contributed by atoms with Gasteiger partial charge in [0.15, 0.2) is 0 Å². The Morgan fingerprint density at radius 3 is 2.48 bits per heavy atom. The highest BCUT2D eigenvalue weighted by atomic mass is 19.1. The first-order valence-electron chi connectivity index (χ1n) is 8.70. The molecule has 7 heteroatoms. The van der Waals surface area contributed by atoms with Crippen LogP contribution in [0.5, 0.6) is 0 Å². The number of amides is 3. The van der Waals surface area contributed by atoms with Crippen molar-refractivity contribution in [2.24, 2.45) is 11.7 Å². The third-order valence-electron chi connectivity index (χ3n) is 4.62. The fraction of sp³-hybridized carbons (Fsp3) is 0.250. The molecular formula is C20H20FN3O3. The zero-order valence-electron chi connectivity index (χ0n) is 14.7. The molecule has 1 aliphatic heterocycles. The molecule has 0 spiro atoms. The van der Waals surface area contributed by atoms with Crippen molar-refractivity contribution in [1.29, 1.82) is 0 Å². The van der Waals surface area contributed by atoms with Crippen molar-refractivity contribution in [2.75, 3.05) is 18.4 Å². The summed E-state index contributed by atoms with van der Waals surface area (Å²) >= 11 is 0. The molecule has 1 heterocycles. The Bertz CT molecular complexity index is 867. The zero-order valence-corrected chi connectivity index (χ0v) is 14.7. The number of halogens is 1. The van der Waals surface area contributed by atoms with Gasteiger partial charge < -0.3 is 16.0 Å². The summed E-state index contributed by atoms with van der Waals surface area (Å²) in [6.45, 7) is 0.804. The number of likely N-dealkylation sites (tertiary alicyclic amines) is 1. The van der Waals surface area contributed by atoms with Crippen LogP contribution in [0, 0.1) is 11.7 Å². The number of nitrogens with two attached hydrogens (primary N) is 1. The van der Waals surface area contributed by atoms with Gasteiger partial charge in [-0.25, -0.2) is 4.39 Å². The topological polar surface area (TPSA) is 92.5 Å². The van der Waals surface area contributed by atoms with Gasteiger partial charge in [0.2, 0.25) is 5.91 Å². The first-order chi connectivity index (χ1) is 13.0. The smallest absolute Gasteiger partial charge is 0.253 e. The van der Waals surface area contributed by atoms with Crippen LogP contribution in [0.3, 0.4) is 0 Å². The summed E-state index contributed by atoms with van der Waals surface area (Å²) in [5.41, 5.74) is 6.32. The van der Waals surface area contributed by atoms with Gasteiger partial charge in [0, 0.05) is 18.7 Å². The highest BCUT2D eigenvalue weighted by molar-refractivity contribution is 6.03. The number of anilines is 1. The van der Waals surface area contributed by atoms with E-state index in [1.807, 2.05) is 0 Å². The third kappa shape index (κ3) is 4.31. The van der Waals surface area contributed by atoms with Gasteiger partial charge in [-0.15, -0.1) is 0 Å². The predicted octanol–water partition coefficient (Wildman–Crippen LogP) is 2.42. The molecule has 3 N–H and O–H groups in total. The van der Waals surface area contributed by atoms with Crippen LogP contribution in [-0.4, -0.2) is 35.7 Å². The molecule has 1 fully saturated rings. The summed E-state index contributed by atoms with van der Waals surface area (Å²) < 4.78 is 13.0. The van der Waals surface area contributed by atoms with Crippen molar-refractivity contribution < 1.29 is 18.8 Å². The van der Waals surface area contributed by atoms with Crippen LogP contribution in [0.15, 0.2) is 48.5 Å². The van der Waals surface area contributed by atoms with Crippen molar-refractivity contribution in [3.63, 3.8) is 0 Å². The number of benzene rings is 2. The Morgan fingerprint density at radius 1 is 1.07 bits per heavy atom. The van der Waals surface area contributed by atoms with Gasteiger partial charge in [-0.3, -0.25) is 14.4 Å². The minimum atomic E-state index is -0.623. The number of hydrogen-bond donors (Lipinski definition) is 2. The second-order valence-electron chi connectivity index (χ2n) is 6.50. The Morgan fingerprint density at radius 2 is 1.78 bits per heavy atom. The van der Waals surface area contributed by atoms with Gasteiger partial charge >= 0.3 is 0 Å². The number of piperidine rings is 1. The molecule has 6 nitrogen and oxygen atoms in total. The Kier molecular flexibility index (Phi) is 5.49. The number of hydrogen-bond acceptors (Lipinski definition) is 3. The van der Waals surface area contributed by atoms with Crippen LogP contribution >= 0.6 is 0 Å². The van der Waals surface area contributed by atoms with Crippen LogP contribution < -0.4 is 11.1 Å². The van der Waals surface area contributed by atoms with E-state index in [-0.39, 0.29) is 23.9 Å². The molecule has 1 atom stereocenters.